The molecule has 0 aliphatic carbocycles. The van der Waals surface area contributed by atoms with Crippen molar-refractivity contribution in [2.45, 2.75) is 19.6 Å². The minimum Gasteiger partial charge on any atom is -0.487 e. The van der Waals surface area contributed by atoms with Gasteiger partial charge in [-0.2, -0.15) is 0 Å². The van der Waals surface area contributed by atoms with Crippen LogP contribution >= 0.6 is 27.3 Å². The highest BCUT2D eigenvalue weighted by Gasteiger charge is 2.10. The largest absolute Gasteiger partial charge is 0.487 e. The zero-order valence-electron chi connectivity index (χ0n) is 9.26. The molecule has 0 amide bonds. The van der Waals surface area contributed by atoms with E-state index >= 15 is 0 Å². The minimum absolute atomic E-state index is 0.421. The van der Waals surface area contributed by atoms with E-state index < -0.39 is 6.10 Å². The number of rotatable bonds is 4. The average molecular weight is 314 g/mol. The summed E-state index contributed by atoms with van der Waals surface area (Å²) < 4.78 is 6.59. The van der Waals surface area contributed by atoms with Gasteiger partial charge >= 0.3 is 0 Å². The molecule has 1 heterocycles. The van der Waals surface area contributed by atoms with Gasteiger partial charge in [0.05, 0.1) is 17.3 Å². The van der Waals surface area contributed by atoms with E-state index in [0.717, 1.165) is 15.7 Å². The fourth-order valence-corrected chi connectivity index (χ4v) is 2.36. The Morgan fingerprint density at radius 1 is 1.53 bits per heavy atom. The number of aromatic nitrogens is 1. The first-order valence-corrected chi connectivity index (χ1v) is 6.88. The molecule has 0 aliphatic heterocycles. The number of halogens is 1. The molecular formula is C12H12BrNO2S. The quantitative estimate of drug-likeness (QED) is 0.938. The van der Waals surface area contributed by atoms with E-state index in [-0.39, 0.29) is 0 Å². The molecule has 17 heavy (non-hydrogen) atoms. The molecule has 1 aromatic heterocycles. The van der Waals surface area contributed by atoms with Crippen molar-refractivity contribution in [3.8, 4) is 5.75 Å². The standard InChI is InChI=1S/C12H12BrNO2S/c1-8(15)11-4-9(13)2-3-12(11)16-5-10-6-17-7-14-10/h2-4,6-8,15H,5H2,1H3/t8-/m1/s1. The van der Waals surface area contributed by atoms with E-state index in [9.17, 15) is 5.11 Å². The summed E-state index contributed by atoms with van der Waals surface area (Å²) >= 11 is 4.92. The van der Waals surface area contributed by atoms with E-state index in [1.165, 1.54) is 11.3 Å². The number of aliphatic hydroxyl groups is 1. The maximum absolute atomic E-state index is 9.67. The van der Waals surface area contributed by atoms with Crippen molar-refractivity contribution in [3.63, 3.8) is 0 Å². The molecule has 0 radical (unpaired) electrons. The molecule has 0 aliphatic rings. The molecule has 2 aromatic rings. The normalized spacial score (nSPS) is 12.4. The molecule has 5 heteroatoms. The second kappa shape index (κ2) is 5.62. The molecule has 0 saturated carbocycles. The summed E-state index contributed by atoms with van der Waals surface area (Å²) in [6.45, 7) is 2.14. The van der Waals surface area contributed by atoms with Crippen LogP contribution in [0.4, 0.5) is 0 Å². The van der Waals surface area contributed by atoms with Gasteiger partial charge in [-0.1, -0.05) is 15.9 Å². The third kappa shape index (κ3) is 3.28. The Hall–Kier alpha value is -0.910. The second-order valence-electron chi connectivity index (χ2n) is 3.63. The number of aliphatic hydroxyl groups excluding tert-OH is 1. The van der Waals surface area contributed by atoms with Crippen LogP contribution in [0.15, 0.2) is 33.6 Å². The second-order valence-corrected chi connectivity index (χ2v) is 5.26. The Kier molecular flexibility index (Phi) is 4.15. The highest BCUT2D eigenvalue weighted by molar-refractivity contribution is 9.10. The maximum atomic E-state index is 9.67. The zero-order valence-corrected chi connectivity index (χ0v) is 11.7. The highest BCUT2D eigenvalue weighted by atomic mass is 79.9. The lowest BCUT2D eigenvalue weighted by molar-refractivity contribution is 0.190. The van der Waals surface area contributed by atoms with Crippen molar-refractivity contribution >= 4 is 27.3 Å². The number of nitrogens with zero attached hydrogens (tertiary/aromatic N) is 1. The molecule has 0 bridgehead atoms. The van der Waals surface area contributed by atoms with Crippen LogP contribution in [-0.4, -0.2) is 10.1 Å². The molecule has 90 valence electrons. The fourth-order valence-electron chi connectivity index (χ4n) is 1.44. The van der Waals surface area contributed by atoms with Gasteiger partial charge in [-0.15, -0.1) is 11.3 Å². The average Bonchev–Trinajstić information content (AvgIpc) is 2.80. The fraction of sp³-hybridized carbons (Fsp3) is 0.250. The van der Waals surface area contributed by atoms with Gasteiger partial charge in [0, 0.05) is 15.4 Å². The van der Waals surface area contributed by atoms with Crippen LogP contribution in [-0.2, 0) is 6.61 Å². The summed E-state index contributed by atoms with van der Waals surface area (Å²) in [6.07, 6.45) is -0.557. The predicted molar refractivity (Wildman–Crippen MR) is 71.2 cm³/mol. The van der Waals surface area contributed by atoms with Crippen LogP contribution in [0, 0.1) is 0 Å². The number of benzene rings is 1. The van der Waals surface area contributed by atoms with E-state index in [1.807, 2.05) is 23.6 Å². The molecule has 1 aromatic carbocycles. The topological polar surface area (TPSA) is 42.4 Å². The Labute approximate surface area is 112 Å². The lowest BCUT2D eigenvalue weighted by Crippen LogP contribution is -2.01. The Morgan fingerprint density at radius 2 is 2.35 bits per heavy atom. The van der Waals surface area contributed by atoms with Gasteiger partial charge in [0.25, 0.3) is 0 Å². The molecular weight excluding hydrogens is 302 g/mol. The summed E-state index contributed by atoms with van der Waals surface area (Å²) in [5.74, 6) is 0.691. The first kappa shape index (κ1) is 12.5. The van der Waals surface area contributed by atoms with Crippen LogP contribution < -0.4 is 4.74 Å². The molecule has 0 spiro atoms. The summed E-state index contributed by atoms with van der Waals surface area (Å²) in [6, 6.07) is 5.60. The van der Waals surface area contributed by atoms with E-state index in [4.69, 9.17) is 4.74 Å². The Balaban J connectivity index is 2.14. The van der Waals surface area contributed by atoms with Gasteiger partial charge < -0.3 is 9.84 Å². The molecule has 2 rings (SSSR count). The van der Waals surface area contributed by atoms with E-state index in [1.54, 1.807) is 12.4 Å². The van der Waals surface area contributed by atoms with Crippen LogP contribution in [0.1, 0.15) is 24.3 Å². The smallest absolute Gasteiger partial charge is 0.131 e. The van der Waals surface area contributed by atoms with Gasteiger partial charge in [0.1, 0.15) is 12.4 Å². The van der Waals surface area contributed by atoms with Crippen LogP contribution in [0.5, 0.6) is 5.75 Å². The van der Waals surface area contributed by atoms with Crippen molar-refractivity contribution in [2.24, 2.45) is 0 Å². The summed E-state index contributed by atoms with van der Waals surface area (Å²) in [5.41, 5.74) is 3.44. The van der Waals surface area contributed by atoms with Crippen LogP contribution in [0.3, 0.4) is 0 Å². The van der Waals surface area contributed by atoms with Gasteiger partial charge in [0.2, 0.25) is 0 Å². The molecule has 1 N–H and O–H groups in total. The van der Waals surface area contributed by atoms with Crippen molar-refractivity contribution in [2.75, 3.05) is 0 Å². The van der Waals surface area contributed by atoms with Crippen molar-refractivity contribution in [1.29, 1.82) is 0 Å². The van der Waals surface area contributed by atoms with E-state index in [2.05, 4.69) is 20.9 Å². The van der Waals surface area contributed by atoms with Crippen molar-refractivity contribution in [3.05, 3.63) is 44.8 Å². The highest BCUT2D eigenvalue weighted by Crippen LogP contribution is 2.29. The van der Waals surface area contributed by atoms with Crippen LogP contribution in [0.2, 0.25) is 0 Å². The number of ether oxygens (including phenoxy) is 1. The zero-order chi connectivity index (χ0) is 12.3. The number of thiazole rings is 1. The summed E-state index contributed by atoms with van der Waals surface area (Å²) in [7, 11) is 0. The van der Waals surface area contributed by atoms with Gasteiger partial charge in [-0.25, -0.2) is 4.98 Å². The predicted octanol–water partition coefficient (Wildman–Crippen LogP) is 3.54. The van der Waals surface area contributed by atoms with Gasteiger partial charge in [0.15, 0.2) is 0 Å². The SMILES string of the molecule is C[C@@H](O)c1cc(Br)ccc1OCc1cscn1. The summed E-state index contributed by atoms with van der Waals surface area (Å²) in [5, 5.41) is 11.6. The first-order chi connectivity index (χ1) is 8.16. The van der Waals surface area contributed by atoms with Crippen molar-refractivity contribution < 1.29 is 9.84 Å². The Morgan fingerprint density at radius 3 is 3.00 bits per heavy atom. The lowest BCUT2D eigenvalue weighted by atomic mass is 10.1. The lowest BCUT2D eigenvalue weighted by Gasteiger charge is -2.13. The molecule has 0 unspecified atom stereocenters. The maximum Gasteiger partial charge on any atom is 0.131 e. The third-order valence-electron chi connectivity index (χ3n) is 2.28. The molecule has 3 nitrogen and oxygen atoms in total. The monoisotopic (exact) mass is 313 g/mol. The van der Waals surface area contributed by atoms with Gasteiger partial charge in [-0.3, -0.25) is 0 Å². The first-order valence-electron chi connectivity index (χ1n) is 5.14. The summed E-state index contributed by atoms with van der Waals surface area (Å²) in [4.78, 5) is 4.15. The molecule has 0 saturated heterocycles. The molecule has 0 fully saturated rings. The van der Waals surface area contributed by atoms with Gasteiger partial charge in [-0.05, 0) is 25.1 Å². The Bertz CT molecular complexity index is 485. The number of hydrogen-bond acceptors (Lipinski definition) is 4. The third-order valence-corrected chi connectivity index (χ3v) is 3.41. The number of hydrogen-bond donors (Lipinski definition) is 1. The van der Waals surface area contributed by atoms with Crippen molar-refractivity contribution in [1.82, 2.24) is 4.98 Å². The minimum atomic E-state index is -0.557. The van der Waals surface area contributed by atoms with Crippen LogP contribution in [0.25, 0.3) is 0 Å². The van der Waals surface area contributed by atoms with E-state index in [0.29, 0.717) is 12.4 Å². The molecule has 1 atom stereocenters.